The van der Waals surface area contributed by atoms with E-state index in [1.165, 1.54) is 54.7 Å². The van der Waals surface area contributed by atoms with Gasteiger partial charge >= 0.3 is 0 Å². The quantitative estimate of drug-likeness (QED) is 0.631. The molecule has 1 atom stereocenters. The molecule has 1 N–H and O–H groups in total. The number of amides is 1. The van der Waals surface area contributed by atoms with E-state index in [2.05, 4.69) is 5.32 Å². The largest absolute Gasteiger partial charge is 0.350 e. The maximum atomic E-state index is 13.0. The fraction of sp³-hybridized carbons (Fsp3) is 0.333. The van der Waals surface area contributed by atoms with Crippen molar-refractivity contribution in [1.29, 1.82) is 0 Å². The normalized spacial score (nSPS) is 12.6. The molecule has 29 heavy (non-hydrogen) atoms. The van der Waals surface area contributed by atoms with Gasteiger partial charge in [0.25, 0.3) is 0 Å². The van der Waals surface area contributed by atoms with Crippen LogP contribution in [0.1, 0.15) is 48.7 Å². The van der Waals surface area contributed by atoms with Gasteiger partial charge in [0.15, 0.2) is 5.78 Å². The second kappa shape index (κ2) is 9.76. The molecule has 0 saturated heterocycles. The number of benzene rings is 2. The molecule has 1 unspecified atom stereocenters. The van der Waals surface area contributed by atoms with Crippen molar-refractivity contribution in [3.63, 3.8) is 0 Å². The van der Waals surface area contributed by atoms with Crippen LogP contribution in [0.3, 0.4) is 0 Å². The monoisotopic (exact) mass is 420 g/mol. The highest BCUT2D eigenvalue weighted by atomic mass is 32.2. The van der Waals surface area contributed by atoms with E-state index in [1.807, 2.05) is 0 Å². The number of halogens is 1. The Kier molecular flexibility index (Phi) is 7.64. The Morgan fingerprint density at radius 3 is 2.21 bits per heavy atom. The zero-order valence-corrected chi connectivity index (χ0v) is 17.5. The van der Waals surface area contributed by atoms with Gasteiger partial charge in [-0.25, -0.2) is 17.1 Å². The Hall–Kier alpha value is -2.58. The van der Waals surface area contributed by atoms with E-state index in [1.54, 1.807) is 19.1 Å². The van der Waals surface area contributed by atoms with Crippen LogP contribution in [0.25, 0.3) is 0 Å². The summed E-state index contributed by atoms with van der Waals surface area (Å²) in [5.74, 6) is -0.686. The number of carbonyl (C=O) groups is 2. The Balaban J connectivity index is 1.86. The van der Waals surface area contributed by atoms with Crippen LogP contribution in [0, 0.1) is 5.82 Å². The number of hydrogen-bond acceptors (Lipinski definition) is 4. The molecule has 0 aliphatic heterocycles. The average molecular weight is 421 g/mol. The van der Waals surface area contributed by atoms with Crippen molar-refractivity contribution in [1.82, 2.24) is 9.62 Å². The van der Waals surface area contributed by atoms with E-state index < -0.39 is 10.0 Å². The predicted octanol–water partition coefficient (Wildman–Crippen LogP) is 3.31. The van der Waals surface area contributed by atoms with Gasteiger partial charge in [0, 0.05) is 25.6 Å². The summed E-state index contributed by atoms with van der Waals surface area (Å²) >= 11 is 0. The second-order valence-electron chi connectivity index (χ2n) is 6.85. The van der Waals surface area contributed by atoms with Crippen molar-refractivity contribution >= 4 is 21.7 Å². The highest BCUT2D eigenvalue weighted by Crippen LogP contribution is 2.17. The van der Waals surface area contributed by atoms with Crippen LogP contribution in [0.5, 0.6) is 0 Å². The molecule has 0 radical (unpaired) electrons. The number of carbonyl (C=O) groups excluding carboxylic acids is 2. The molecular weight excluding hydrogens is 395 g/mol. The lowest BCUT2D eigenvalue weighted by molar-refractivity contribution is -0.121. The van der Waals surface area contributed by atoms with Gasteiger partial charge in [-0.15, -0.1) is 0 Å². The lowest BCUT2D eigenvalue weighted by atomic mass is 10.1. The summed E-state index contributed by atoms with van der Waals surface area (Å²) in [5, 5.41) is 2.82. The third kappa shape index (κ3) is 6.20. The molecule has 2 aromatic rings. The number of ketones is 1. The molecule has 2 rings (SSSR count). The lowest BCUT2D eigenvalue weighted by Gasteiger charge is -2.18. The first-order valence-electron chi connectivity index (χ1n) is 9.23. The molecule has 0 aliphatic rings. The molecule has 2 aromatic carbocycles. The van der Waals surface area contributed by atoms with Gasteiger partial charge in [-0.3, -0.25) is 9.59 Å². The highest BCUT2D eigenvalue weighted by Gasteiger charge is 2.21. The molecule has 0 saturated carbocycles. The number of hydrogen-bond donors (Lipinski definition) is 1. The van der Waals surface area contributed by atoms with Crippen molar-refractivity contribution in [2.45, 2.75) is 37.6 Å². The molecule has 0 aliphatic carbocycles. The SMILES string of the molecule is CC(=O)c1ccc(S(=O)(=O)N(C)CCCC(=O)NC(C)c2ccc(F)cc2)cc1. The predicted molar refractivity (Wildman–Crippen MR) is 108 cm³/mol. The summed E-state index contributed by atoms with van der Waals surface area (Å²) < 4.78 is 39.3. The van der Waals surface area contributed by atoms with E-state index in [9.17, 15) is 22.4 Å². The maximum absolute atomic E-state index is 13.0. The van der Waals surface area contributed by atoms with E-state index in [-0.39, 0.29) is 41.4 Å². The van der Waals surface area contributed by atoms with Crippen LogP contribution in [0.2, 0.25) is 0 Å². The van der Waals surface area contributed by atoms with Gasteiger partial charge in [-0.2, -0.15) is 0 Å². The van der Waals surface area contributed by atoms with Gasteiger partial charge < -0.3 is 5.32 Å². The number of Topliss-reactive ketones (excluding diaryl/α,β-unsaturated/α-hetero) is 1. The number of nitrogens with zero attached hydrogens (tertiary/aromatic N) is 1. The van der Waals surface area contributed by atoms with Crippen molar-refractivity contribution in [3.05, 3.63) is 65.5 Å². The number of rotatable bonds is 9. The molecule has 0 spiro atoms. The van der Waals surface area contributed by atoms with Crippen molar-refractivity contribution in [2.75, 3.05) is 13.6 Å². The molecule has 1 amide bonds. The van der Waals surface area contributed by atoms with Crippen LogP contribution in [0.4, 0.5) is 4.39 Å². The summed E-state index contributed by atoms with van der Waals surface area (Å²) in [5.41, 5.74) is 1.23. The van der Waals surface area contributed by atoms with E-state index >= 15 is 0 Å². The fourth-order valence-corrected chi connectivity index (χ4v) is 3.98. The van der Waals surface area contributed by atoms with Crippen LogP contribution in [0.15, 0.2) is 53.4 Å². The van der Waals surface area contributed by atoms with Crippen LogP contribution >= 0.6 is 0 Å². The highest BCUT2D eigenvalue weighted by molar-refractivity contribution is 7.89. The van der Waals surface area contributed by atoms with Gasteiger partial charge in [0.1, 0.15) is 5.82 Å². The number of nitrogens with one attached hydrogen (secondary N) is 1. The molecule has 0 fully saturated rings. The zero-order valence-electron chi connectivity index (χ0n) is 16.7. The minimum atomic E-state index is -3.69. The first kappa shape index (κ1) is 22.7. The molecule has 8 heteroatoms. The lowest BCUT2D eigenvalue weighted by Crippen LogP contribution is -2.30. The fourth-order valence-electron chi connectivity index (χ4n) is 2.77. The van der Waals surface area contributed by atoms with E-state index in [0.29, 0.717) is 12.0 Å². The Morgan fingerprint density at radius 2 is 1.66 bits per heavy atom. The molecule has 0 bridgehead atoms. The maximum Gasteiger partial charge on any atom is 0.242 e. The van der Waals surface area contributed by atoms with Gasteiger partial charge in [0.2, 0.25) is 15.9 Å². The summed E-state index contributed by atoms with van der Waals surface area (Å²) in [4.78, 5) is 23.5. The summed E-state index contributed by atoms with van der Waals surface area (Å²) in [6.45, 7) is 3.39. The molecule has 6 nitrogen and oxygen atoms in total. The van der Waals surface area contributed by atoms with Gasteiger partial charge in [-0.05, 0) is 50.1 Å². The average Bonchev–Trinajstić information content (AvgIpc) is 2.68. The van der Waals surface area contributed by atoms with E-state index in [0.717, 1.165) is 5.56 Å². The van der Waals surface area contributed by atoms with Crippen molar-refractivity contribution in [2.24, 2.45) is 0 Å². The smallest absolute Gasteiger partial charge is 0.242 e. The second-order valence-corrected chi connectivity index (χ2v) is 8.90. The Labute approximate surface area is 170 Å². The standard InChI is InChI=1S/C21H25FN2O4S/c1-15(17-6-10-19(22)11-7-17)23-21(26)5-4-14-24(3)29(27,28)20-12-8-18(9-13-20)16(2)25/h6-13,15H,4-5,14H2,1-3H3,(H,23,26). The zero-order chi connectivity index (χ0) is 21.6. The summed E-state index contributed by atoms with van der Waals surface area (Å²) in [6.07, 6.45) is 0.512. The third-order valence-corrected chi connectivity index (χ3v) is 6.46. The number of sulfonamides is 1. The first-order chi connectivity index (χ1) is 13.6. The van der Waals surface area contributed by atoms with Crippen LogP contribution in [-0.4, -0.2) is 38.0 Å². The Bertz CT molecular complexity index is 957. The summed E-state index contributed by atoms with van der Waals surface area (Å²) in [7, 11) is -2.24. The van der Waals surface area contributed by atoms with Crippen molar-refractivity contribution < 1.29 is 22.4 Å². The molecule has 0 heterocycles. The minimum absolute atomic E-state index is 0.0967. The Morgan fingerprint density at radius 1 is 1.07 bits per heavy atom. The van der Waals surface area contributed by atoms with Gasteiger partial charge in [0.05, 0.1) is 10.9 Å². The van der Waals surface area contributed by atoms with Gasteiger partial charge in [-0.1, -0.05) is 24.3 Å². The minimum Gasteiger partial charge on any atom is -0.350 e. The topological polar surface area (TPSA) is 83.6 Å². The third-order valence-electron chi connectivity index (χ3n) is 4.59. The molecule has 156 valence electrons. The summed E-state index contributed by atoms with van der Waals surface area (Å²) in [6, 6.07) is 11.4. The van der Waals surface area contributed by atoms with Crippen LogP contribution < -0.4 is 5.32 Å². The molecular formula is C21H25FN2O4S. The molecule has 0 aromatic heterocycles. The van der Waals surface area contributed by atoms with Crippen LogP contribution in [-0.2, 0) is 14.8 Å². The first-order valence-corrected chi connectivity index (χ1v) is 10.7. The van der Waals surface area contributed by atoms with Crippen molar-refractivity contribution in [3.8, 4) is 0 Å². The van der Waals surface area contributed by atoms with E-state index in [4.69, 9.17) is 0 Å².